The predicted molar refractivity (Wildman–Crippen MR) is 125 cm³/mol. The van der Waals surface area contributed by atoms with Crippen LogP contribution in [0.3, 0.4) is 0 Å². The van der Waals surface area contributed by atoms with E-state index in [9.17, 15) is 4.79 Å². The molecule has 1 atom stereocenters. The van der Waals surface area contributed by atoms with E-state index in [-0.39, 0.29) is 18.4 Å². The van der Waals surface area contributed by atoms with Gasteiger partial charge in [0.05, 0.1) is 24.2 Å². The van der Waals surface area contributed by atoms with E-state index < -0.39 is 5.60 Å². The Balaban J connectivity index is 2.04. The summed E-state index contributed by atoms with van der Waals surface area (Å²) in [5.74, 6) is 0.790. The Kier molecular flexibility index (Phi) is 6.64. The third kappa shape index (κ3) is 4.65. The van der Waals surface area contributed by atoms with E-state index in [4.69, 9.17) is 26.8 Å². The van der Waals surface area contributed by atoms with Crippen LogP contribution < -0.4 is 10.5 Å². The normalized spacial score (nSPS) is 12.8. The highest BCUT2D eigenvalue weighted by molar-refractivity contribution is 6.31. The first kappa shape index (κ1) is 23.8. The second-order valence-corrected chi connectivity index (χ2v) is 9.24. The van der Waals surface area contributed by atoms with Gasteiger partial charge in [-0.3, -0.25) is 4.79 Å². The van der Waals surface area contributed by atoms with Crippen molar-refractivity contribution >= 4 is 34.4 Å². The summed E-state index contributed by atoms with van der Waals surface area (Å²) < 4.78 is 13.1. The number of ether oxygens (including phenoxy) is 2. The molecule has 0 bridgehead atoms. The van der Waals surface area contributed by atoms with Crippen LogP contribution in [0.4, 0.5) is 5.82 Å². The summed E-state index contributed by atoms with van der Waals surface area (Å²) in [6.45, 7) is 11.3. The lowest BCUT2D eigenvalue weighted by Gasteiger charge is -2.23. The number of aromatic nitrogens is 4. The number of nitrogens with two attached hydrogens (primary N) is 1. The zero-order chi connectivity index (χ0) is 23.8. The Morgan fingerprint density at radius 3 is 2.59 bits per heavy atom. The summed E-state index contributed by atoms with van der Waals surface area (Å²) in [4.78, 5) is 20.8. The number of nitrogen functional groups attached to an aromatic ring is 1. The third-order valence-electron chi connectivity index (χ3n) is 5.34. The van der Waals surface area contributed by atoms with Gasteiger partial charge in [-0.1, -0.05) is 11.6 Å². The van der Waals surface area contributed by atoms with Gasteiger partial charge in [-0.05, 0) is 65.2 Å². The number of hydrogen-bond donors (Lipinski definition) is 1. The molecule has 2 aromatic heterocycles. The number of methoxy groups -OCH3 is 1. The van der Waals surface area contributed by atoms with Crippen molar-refractivity contribution in [2.45, 2.75) is 66.0 Å². The van der Waals surface area contributed by atoms with Crippen LogP contribution in [0, 0.1) is 13.8 Å². The van der Waals surface area contributed by atoms with Crippen molar-refractivity contribution in [1.29, 1.82) is 0 Å². The molecule has 3 aromatic rings. The average Bonchev–Trinajstić information content (AvgIpc) is 3.04. The fraction of sp³-hybridized carbons (Fsp3) is 0.478. The molecular weight excluding hydrogens is 430 g/mol. The minimum atomic E-state index is -0.535. The van der Waals surface area contributed by atoms with Crippen molar-refractivity contribution in [3.05, 3.63) is 39.8 Å². The molecule has 9 heteroatoms. The maximum Gasteiger partial charge on any atom is 0.306 e. The molecule has 8 nitrogen and oxygen atoms in total. The van der Waals surface area contributed by atoms with Crippen LogP contribution in [0.1, 0.15) is 62.5 Å². The number of esters is 1. The standard InChI is InChI=1S/C23H30ClN5O3/c1-12-15(8-9-18(30)32-23(4,5)6)20(31-7)16(10-17(12)24)14(3)29-22-19(13(2)28-29)21(25)26-11-27-22/h10-11,14H,8-9H2,1-7H3,(H2,25,26,27). The lowest BCUT2D eigenvalue weighted by molar-refractivity contribution is -0.154. The fourth-order valence-electron chi connectivity index (χ4n) is 3.84. The van der Waals surface area contributed by atoms with Crippen molar-refractivity contribution in [2.24, 2.45) is 0 Å². The van der Waals surface area contributed by atoms with E-state index in [1.54, 1.807) is 11.8 Å². The highest BCUT2D eigenvalue weighted by atomic mass is 35.5. The molecule has 0 spiro atoms. The zero-order valence-electron chi connectivity index (χ0n) is 19.6. The van der Waals surface area contributed by atoms with E-state index in [1.807, 2.05) is 47.6 Å². The molecule has 1 unspecified atom stereocenters. The van der Waals surface area contributed by atoms with Gasteiger partial charge in [0.1, 0.15) is 23.5 Å². The summed E-state index contributed by atoms with van der Waals surface area (Å²) in [5.41, 5.74) is 9.47. The van der Waals surface area contributed by atoms with Gasteiger partial charge in [0.25, 0.3) is 0 Å². The highest BCUT2D eigenvalue weighted by Crippen LogP contribution is 2.39. The molecule has 1 aromatic carbocycles. The molecule has 0 aliphatic rings. The number of rotatable bonds is 6. The van der Waals surface area contributed by atoms with Crippen LogP contribution in [-0.2, 0) is 16.0 Å². The van der Waals surface area contributed by atoms with E-state index in [1.165, 1.54) is 6.33 Å². The molecule has 0 saturated carbocycles. The average molecular weight is 460 g/mol. The molecule has 0 aliphatic carbocycles. The van der Waals surface area contributed by atoms with Crippen molar-refractivity contribution in [3.63, 3.8) is 0 Å². The highest BCUT2D eigenvalue weighted by Gasteiger charge is 2.25. The van der Waals surface area contributed by atoms with Gasteiger partial charge in [-0.25, -0.2) is 14.6 Å². The first-order valence-corrected chi connectivity index (χ1v) is 10.8. The quantitative estimate of drug-likeness (QED) is 0.538. The van der Waals surface area contributed by atoms with Crippen molar-refractivity contribution in [1.82, 2.24) is 19.7 Å². The molecule has 0 saturated heterocycles. The Hall–Kier alpha value is -2.87. The van der Waals surface area contributed by atoms with Crippen LogP contribution in [0.25, 0.3) is 11.0 Å². The molecule has 0 radical (unpaired) electrons. The molecule has 172 valence electrons. The van der Waals surface area contributed by atoms with Gasteiger partial charge < -0.3 is 15.2 Å². The first-order valence-electron chi connectivity index (χ1n) is 10.5. The van der Waals surface area contributed by atoms with Crippen LogP contribution >= 0.6 is 11.6 Å². The smallest absolute Gasteiger partial charge is 0.306 e. The predicted octanol–water partition coefficient (Wildman–Crippen LogP) is 4.57. The summed E-state index contributed by atoms with van der Waals surface area (Å²) in [7, 11) is 1.61. The SMILES string of the molecule is COc1c(C(C)n2nc(C)c3c(N)ncnc32)cc(Cl)c(C)c1CCC(=O)OC(C)(C)C. The van der Waals surface area contributed by atoms with Gasteiger partial charge in [0.2, 0.25) is 0 Å². The monoisotopic (exact) mass is 459 g/mol. The number of hydrogen-bond acceptors (Lipinski definition) is 7. The Morgan fingerprint density at radius 1 is 1.28 bits per heavy atom. The van der Waals surface area contributed by atoms with Gasteiger partial charge in [-0.2, -0.15) is 5.10 Å². The molecule has 0 fully saturated rings. The molecule has 2 heterocycles. The van der Waals surface area contributed by atoms with E-state index >= 15 is 0 Å². The number of nitrogens with zero attached hydrogens (tertiary/aromatic N) is 4. The molecule has 0 amide bonds. The lowest BCUT2D eigenvalue weighted by atomic mass is 9.95. The number of fused-ring (bicyclic) bond motifs is 1. The van der Waals surface area contributed by atoms with Crippen molar-refractivity contribution in [3.8, 4) is 5.75 Å². The van der Waals surface area contributed by atoms with E-state index in [0.717, 1.165) is 27.8 Å². The molecule has 3 rings (SSSR count). The third-order valence-corrected chi connectivity index (χ3v) is 5.74. The van der Waals surface area contributed by atoms with E-state index in [2.05, 4.69) is 15.1 Å². The Morgan fingerprint density at radius 2 is 1.97 bits per heavy atom. The van der Waals surface area contributed by atoms with Crippen molar-refractivity contribution in [2.75, 3.05) is 12.8 Å². The number of carbonyl (C=O) groups is 1. The maximum absolute atomic E-state index is 12.3. The minimum Gasteiger partial charge on any atom is -0.496 e. The Bertz CT molecular complexity index is 1170. The van der Waals surface area contributed by atoms with Crippen LogP contribution in [0.15, 0.2) is 12.4 Å². The second-order valence-electron chi connectivity index (χ2n) is 8.83. The Labute approximate surface area is 193 Å². The van der Waals surface area contributed by atoms with Crippen LogP contribution in [0.5, 0.6) is 5.75 Å². The van der Waals surface area contributed by atoms with Gasteiger partial charge in [0, 0.05) is 17.0 Å². The number of anilines is 1. The summed E-state index contributed by atoms with van der Waals surface area (Å²) in [6, 6.07) is 1.62. The van der Waals surface area contributed by atoms with Gasteiger partial charge in [-0.15, -0.1) is 0 Å². The zero-order valence-corrected chi connectivity index (χ0v) is 20.4. The van der Waals surface area contributed by atoms with Crippen LogP contribution in [-0.4, -0.2) is 38.4 Å². The van der Waals surface area contributed by atoms with E-state index in [0.29, 0.717) is 28.7 Å². The number of halogens is 1. The summed E-state index contributed by atoms with van der Waals surface area (Å²) in [6.07, 6.45) is 2.09. The molecule has 32 heavy (non-hydrogen) atoms. The largest absolute Gasteiger partial charge is 0.496 e. The number of carbonyl (C=O) groups excluding carboxylic acids is 1. The number of aryl methyl sites for hydroxylation is 1. The molecular formula is C23H30ClN5O3. The molecule has 2 N–H and O–H groups in total. The fourth-order valence-corrected chi connectivity index (χ4v) is 4.07. The summed E-state index contributed by atoms with van der Waals surface area (Å²) in [5, 5.41) is 5.98. The lowest BCUT2D eigenvalue weighted by Crippen LogP contribution is -2.24. The van der Waals surface area contributed by atoms with Gasteiger partial charge >= 0.3 is 5.97 Å². The topological polar surface area (TPSA) is 105 Å². The van der Waals surface area contributed by atoms with Crippen molar-refractivity contribution < 1.29 is 14.3 Å². The number of benzene rings is 1. The molecule has 0 aliphatic heterocycles. The van der Waals surface area contributed by atoms with Gasteiger partial charge in [0.15, 0.2) is 5.65 Å². The minimum absolute atomic E-state index is 0.218. The second kappa shape index (κ2) is 8.94. The van der Waals surface area contributed by atoms with Crippen LogP contribution in [0.2, 0.25) is 5.02 Å². The summed E-state index contributed by atoms with van der Waals surface area (Å²) >= 11 is 6.60. The first-order chi connectivity index (χ1) is 14.9. The maximum atomic E-state index is 12.3.